The summed E-state index contributed by atoms with van der Waals surface area (Å²) < 4.78 is 5.28. The van der Waals surface area contributed by atoms with Crippen LogP contribution in [-0.2, 0) is 13.0 Å². The Bertz CT molecular complexity index is 550. The number of furan rings is 1. The van der Waals surface area contributed by atoms with Gasteiger partial charge in [0.15, 0.2) is 6.23 Å². The van der Waals surface area contributed by atoms with Crippen molar-refractivity contribution in [2.45, 2.75) is 38.6 Å². The summed E-state index contributed by atoms with van der Waals surface area (Å²) in [6, 6.07) is 10.5. The first kappa shape index (κ1) is 15.6. The lowest BCUT2D eigenvalue weighted by Gasteiger charge is -2.17. The van der Waals surface area contributed by atoms with Crippen LogP contribution in [0, 0.1) is 0 Å². The molecular weight excluding hydrogens is 270 g/mol. The first-order valence-electron chi connectivity index (χ1n) is 7.00. The van der Waals surface area contributed by atoms with Gasteiger partial charge in [0.25, 0.3) is 0 Å². The minimum atomic E-state index is -0.889. The van der Waals surface area contributed by atoms with Crippen LogP contribution in [0.25, 0.3) is 0 Å². The maximum absolute atomic E-state index is 10.0. The van der Waals surface area contributed by atoms with Crippen LogP contribution in [0.5, 0.6) is 5.75 Å². The summed E-state index contributed by atoms with van der Waals surface area (Å²) in [5, 5.41) is 31.2. The minimum Gasteiger partial charge on any atom is -0.508 e. The smallest absolute Gasteiger partial charge is 0.164 e. The number of nitrogens with one attached hydrogen (secondary N) is 1. The standard InChI is InChI=1S/C16H21NO4/c1-11(2-3-12-4-6-13(19)7-5-12)17-16(20)15-9-8-14(10-18)21-15/h4-9,11,16-20H,2-3,10H2,1H3. The molecule has 0 spiro atoms. The van der Waals surface area contributed by atoms with Crippen molar-refractivity contribution in [2.75, 3.05) is 0 Å². The average Bonchev–Trinajstić information content (AvgIpc) is 2.96. The van der Waals surface area contributed by atoms with E-state index in [0.29, 0.717) is 11.5 Å². The molecule has 0 amide bonds. The van der Waals surface area contributed by atoms with Gasteiger partial charge in [0, 0.05) is 6.04 Å². The summed E-state index contributed by atoms with van der Waals surface area (Å²) >= 11 is 0. The van der Waals surface area contributed by atoms with Crippen LogP contribution in [-0.4, -0.2) is 21.4 Å². The van der Waals surface area contributed by atoms with E-state index in [1.54, 1.807) is 24.3 Å². The fraction of sp³-hybridized carbons (Fsp3) is 0.375. The maximum atomic E-state index is 10.0. The van der Waals surface area contributed by atoms with Crippen LogP contribution in [0.4, 0.5) is 0 Å². The number of hydrogen-bond donors (Lipinski definition) is 4. The van der Waals surface area contributed by atoms with Gasteiger partial charge in [0.2, 0.25) is 0 Å². The third-order valence-electron chi connectivity index (χ3n) is 3.35. The van der Waals surface area contributed by atoms with Crippen LogP contribution in [0.3, 0.4) is 0 Å². The Balaban J connectivity index is 1.80. The topological polar surface area (TPSA) is 85.9 Å². The van der Waals surface area contributed by atoms with Crippen molar-refractivity contribution in [3.8, 4) is 5.75 Å². The number of rotatable bonds is 7. The van der Waals surface area contributed by atoms with Gasteiger partial charge in [-0.1, -0.05) is 12.1 Å². The molecule has 2 unspecified atom stereocenters. The molecule has 0 fully saturated rings. The first-order chi connectivity index (χ1) is 10.1. The van der Waals surface area contributed by atoms with Gasteiger partial charge in [-0.05, 0) is 49.6 Å². The van der Waals surface area contributed by atoms with Crippen molar-refractivity contribution in [3.05, 3.63) is 53.5 Å². The Morgan fingerprint density at radius 3 is 2.48 bits per heavy atom. The lowest BCUT2D eigenvalue weighted by molar-refractivity contribution is 0.0965. The molecule has 0 aliphatic carbocycles. The molecule has 4 N–H and O–H groups in total. The first-order valence-corrected chi connectivity index (χ1v) is 7.00. The van der Waals surface area contributed by atoms with Crippen molar-refractivity contribution in [3.63, 3.8) is 0 Å². The van der Waals surface area contributed by atoms with Gasteiger partial charge < -0.3 is 19.7 Å². The van der Waals surface area contributed by atoms with Crippen LogP contribution in [0.1, 0.15) is 36.7 Å². The SMILES string of the molecule is CC(CCc1ccc(O)cc1)NC(O)c1ccc(CO)o1. The van der Waals surface area contributed by atoms with Crippen molar-refractivity contribution in [1.82, 2.24) is 5.32 Å². The number of phenols is 1. The molecule has 0 aliphatic heterocycles. The van der Waals surface area contributed by atoms with E-state index < -0.39 is 6.23 Å². The van der Waals surface area contributed by atoms with Gasteiger partial charge in [0.05, 0.1) is 0 Å². The summed E-state index contributed by atoms with van der Waals surface area (Å²) in [7, 11) is 0. The van der Waals surface area contributed by atoms with E-state index in [1.807, 2.05) is 19.1 Å². The predicted octanol–water partition coefficient (Wildman–Crippen LogP) is 2.08. The minimum absolute atomic E-state index is 0.0940. The second kappa shape index (κ2) is 7.26. The molecule has 0 saturated carbocycles. The summed E-state index contributed by atoms with van der Waals surface area (Å²) in [6.07, 6.45) is 0.802. The van der Waals surface area contributed by atoms with E-state index >= 15 is 0 Å². The van der Waals surface area contributed by atoms with Crippen LogP contribution < -0.4 is 5.32 Å². The quantitative estimate of drug-likeness (QED) is 0.587. The molecule has 1 aromatic heterocycles. The zero-order valence-electron chi connectivity index (χ0n) is 12.0. The van der Waals surface area contributed by atoms with Gasteiger partial charge in [0.1, 0.15) is 23.9 Å². The average molecular weight is 291 g/mol. The van der Waals surface area contributed by atoms with Gasteiger partial charge >= 0.3 is 0 Å². The molecule has 1 heterocycles. The van der Waals surface area contributed by atoms with E-state index in [4.69, 9.17) is 9.52 Å². The molecule has 0 aliphatic rings. The van der Waals surface area contributed by atoms with Crippen LogP contribution >= 0.6 is 0 Å². The predicted molar refractivity (Wildman–Crippen MR) is 78.6 cm³/mol. The monoisotopic (exact) mass is 291 g/mol. The highest BCUT2D eigenvalue weighted by Crippen LogP contribution is 2.16. The number of aryl methyl sites for hydroxylation is 1. The number of benzene rings is 1. The van der Waals surface area contributed by atoms with E-state index in [1.165, 1.54) is 0 Å². The van der Waals surface area contributed by atoms with E-state index in [2.05, 4.69) is 5.32 Å². The number of phenolic OH excluding ortho intramolecular Hbond substituents is 1. The van der Waals surface area contributed by atoms with Crippen LogP contribution in [0.2, 0.25) is 0 Å². The molecule has 2 rings (SSSR count). The van der Waals surface area contributed by atoms with Crippen molar-refractivity contribution in [1.29, 1.82) is 0 Å². The highest BCUT2D eigenvalue weighted by atomic mass is 16.4. The largest absolute Gasteiger partial charge is 0.508 e. The summed E-state index contributed by atoms with van der Waals surface area (Å²) in [4.78, 5) is 0. The highest BCUT2D eigenvalue weighted by molar-refractivity contribution is 5.25. The number of aliphatic hydroxyl groups is 2. The Morgan fingerprint density at radius 1 is 1.14 bits per heavy atom. The van der Waals surface area contributed by atoms with Crippen LogP contribution in [0.15, 0.2) is 40.8 Å². The molecule has 5 heteroatoms. The van der Waals surface area contributed by atoms with Crippen molar-refractivity contribution >= 4 is 0 Å². The Kier molecular flexibility index (Phi) is 5.38. The summed E-state index contributed by atoms with van der Waals surface area (Å²) in [6.45, 7) is 1.81. The molecule has 0 radical (unpaired) electrons. The molecule has 5 nitrogen and oxygen atoms in total. The number of hydrogen-bond acceptors (Lipinski definition) is 5. The van der Waals surface area contributed by atoms with E-state index in [9.17, 15) is 10.2 Å². The molecule has 0 saturated heterocycles. The number of aromatic hydroxyl groups is 1. The Hall–Kier alpha value is -1.82. The Labute approximate surface area is 123 Å². The lowest BCUT2D eigenvalue weighted by atomic mass is 10.1. The zero-order chi connectivity index (χ0) is 15.2. The lowest BCUT2D eigenvalue weighted by Crippen LogP contribution is -2.30. The van der Waals surface area contributed by atoms with E-state index in [-0.39, 0.29) is 18.4 Å². The molecule has 21 heavy (non-hydrogen) atoms. The van der Waals surface area contributed by atoms with Gasteiger partial charge in [-0.2, -0.15) is 0 Å². The molecule has 0 bridgehead atoms. The molecule has 2 aromatic rings. The molecule has 2 atom stereocenters. The third kappa shape index (κ3) is 4.60. The number of aliphatic hydroxyl groups excluding tert-OH is 2. The normalized spacial score (nSPS) is 14.0. The fourth-order valence-electron chi connectivity index (χ4n) is 2.11. The Morgan fingerprint density at radius 2 is 1.86 bits per heavy atom. The highest BCUT2D eigenvalue weighted by Gasteiger charge is 2.14. The molecule has 114 valence electrons. The summed E-state index contributed by atoms with van der Waals surface area (Å²) in [5.74, 6) is 1.09. The third-order valence-corrected chi connectivity index (χ3v) is 3.35. The van der Waals surface area contributed by atoms with Crippen molar-refractivity contribution in [2.24, 2.45) is 0 Å². The van der Waals surface area contributed by atoms with Gasteiger partial charge in [-0.15, -0.1) is 0 Å². The maximum Gasteiger partial charge on any atom is 0.164 e. The van der Waals surface area contributed by atoms with Gasteiger partial charge in [-0.25, -0.2) is 0 Å². The second-order valence-corrected chi connectivity index (χ2v) is 5.14. The van der Waals surface area contributed by atoms with Crippen molar-refractivity contribution < 1.29 is 19.7 Å². The molecular formula is C16H21NO4. The molecule has 1 aromatic carbocycles. The van der Waals surface area contributed by atoms with Gasteiger partial charge in [-0.3, -0.25) is 5.32 Å². The second-order valence-electron chi connectivity index (χ2n) is 5.14. The fourth-order valence-corrected chi connectivity index (χ4v) is 2.11. The summed E-state index contributed by atoms with van der Waals surface area (Å²) in [5.41, 5.74) is 1.14. The zero-order valence-corrected chi connectivity index (χ0v) is 12.0. The van der Waals surface area contributed by atoms with E-state index in [0.717, 1.165) is 18.4 Å².